The molecular weight excluding hydrogens is 428 g/mol. The van der Waals surface area contributed by atoms with Crippen molar-refractivity contribution in [3.63, 3.8) is 0 Å². The number of thioether (sulfide) groups is 1. The summed E-state index contributed by atoms with van der Waals surface area (Å²) in [4.78, 5) is 37.3. The van der Waals surface area contributed by atoms with Crippen molar-refractivity contribution in [1.29, 1.82) is 5.26 Å². The second-order valence-electron chi connectivity index (χ2n) is 6.58. The van der Waals surface area contributed by atoms with Gasteiger partial charge in [0, 0.05) is 11.1 Å². The molecule has 0 fully saturated rings. The van der Waals surface area contributed by atoms with E-state index in [4.69, 9.17) is 0 Å². The molecule has 6 nitrogen and oxygen atoms in total. The molecule has 1 N–H and O–H groups in total. The highest BCUT2D eigenvalue weighted by atomic mass is 32.2. The van der Waals surface area contributed by atoms with Gasteiger partial charge in [0.25, 0.3) is 5.56 Å². The number of carbonyl (C=O) groups excluding carboxylic acids is 1. The van der Waals surface area contributed by atoms with E-state index in [1.54, 1.807) is 12.1 Å². The highest BCUT2D eigenvalue weighted by Crippen LogP contribution is 2.29. The number of hydrogen-bond acceptors (Lipinski definition) is 7. The monoisotopic (exact) mass is 444 g/mol. The third kappa shape index (κ3) is 4.48. The third-order valence-electron chi connectivity index (χ3n) is 4.47. The summed E-state index contributed by atoms with van der Waals surface area (Å²) in [5.74, 6) is 0.0100. The lowest BCUT2D eigenvalue weighted by atomic mass is 10.1. The topological polar surface area (TPSA) is 99.5 Å². The molecule has 0 aliphatic carbocycles. The van der Waals surface area contributed by atoms with Crippen molar-refractivity contribution in [3.8, 4) is 27.9 Å². The van der Waals surface area contributed by atoms with Gasteiger partial charge in [0.15, 0.2) is 10.9 Å². The van der Waals surface area contributed by atoms with Gasteiger partial charge in [-0.3, -0.25) is 9.59 Å². The van der Waals surface area contributed by atoms with Crippen LogP contribution in [0.2, 0.25) is 0 Å². The molecule has 0 amide bonds. The van der Waals surface area contributed by atoms with Crippen LogP contribution in [-0.4, -0.2) is 26.5 Å². The number of carbonyl (C=O) groups is 1. The first-order chi connectivity index (χ1) is 15.1. The quantitative estimate of drug-likeness (QED) is 0.263. The molecule has 0 unspecified atom stereocenters. The summed E-state index contributed by atoms with van der Waals surface area (Å²) in [6.45, 7) is 1.82. The van der Waals surface area contributed by atoms with Crippen molar-refractivity contribution in [3.05, 3.63) is 87.2 Å². The Kier molecular flexibility index (Phi) is 6.07. The van der Waals surface area contributed by atoms with Gasteiger partial charge in [0.05, 0.1) is 22.0 Å². The Morgan fingerprint density at radius 2 is 1.71 bits per heavy atom. The minimum Gasteiger partial charge on any atom is -0.300 e. The number of thiazole rings is 1. The fraction of sp³-hybridized carbons (Fsp3) is 0.0870. The largest absolute Gasteiger partial charge is 0.300 e. The number of aryl methyl sites for hydroxylation is 1. The molecule has 2 heterocycles. The van der Waals surface area contributed by atoms with Crippen LogP contribution in [0.15, 0.2) is 70.6 Å². The van der Waals surface area contributed by atoms with E-state index >= 15 is 0 Å². The zero-order chi connectivity index (χ0) is 21.8. The van der Waals surface area contributed by atoms with E-state index in [0.717, 1.165) is 22.3 Å². The summed E-state index contributed by atoms with van der Waals surface area (Å²) < 4.78 is 0. The Hall–Kier alpha value is -3.54. The molecule has 0 saturated carbocycles. The fourth-order valence-corrected chi connectivity index (χ4v) is 4.82. The molecule has 4 rings (SSSR count). The van der Waals surface area contributed by atoms with E-state index in [9.17, 15) is 14.9 Å². The maximum Gasteiger partial charge on any atom is 0.270 e. The van der Waals surface area contributed by atoms with E-state index in [1.165, 1.54) is 11.3 Å². The maximum absolute atomic E-state index is 12.8. The number of nitrogens with zero attached hydrogens (tertiary/aromatic N) is 3. The molecule has 0 bridgehead atoms. The first-order valence-corrected chi connectivity index (χ1v) is 11.2. The van der Waals surface area contributed by atoms with Gasteiger partial charge in [0.1, 0.15) is 16.6 Å². The summed E-state index contributed by atoms with van der Waals surface area (Å²) in [5, 5.41) is 10.5. The lowest BCUT2D eigenvalue weighted by Crippen LogP contribution is -2.15. The molecule has 8 heteroatoms. The number of aromatic amines is 1. The summed E-state index contributed by atoms with van der Waals surface area (Å²) in [6.07, 6.45) is 0. The molecule has 0 aliphatic heterocycles. The van der Waals surface area contributed by atoms with E-state index in [2.05, 4.69) is 15.0 Å². The molecule has 0 atom stereocenters. The van der Waals surface area contributed by atoms with Crippen LogP contribution in [-0.2, 0) is 0 Å². The predicted molar refractivity (Wildman–Crippen MR) is 122 cm³/mol. The van der Waals surface area contributed by atoms with Crippen molar-refractivity contribution >= 4 is 28.9 Å². The summed E-state index contributed by atoms with van der Waals surface area (Å²) in [7, 11) is 0. The van der Waals surface area contributed by atoms with E-state index in [0.29, 0.717) is 27.0 Å². The Bertz CT molecular complexity index is 1340. The maximum atomic E-state index is 12.8. The number of benzene rings is 2. The number of nitriles is 1. The van der Waals surface area contributed by atoms with Crippen molar-refractivity contribution in [2.24, 2.45) is 0 Å². The Labute approximate surface area is 186 Å². The molecule has 4 aromatic rings. The van der Waals surface area contributed by atoms with Crippen molar-refractivity contribution in [2.45, 2.75) is 12.1 Å². The number of hydrogen-bond donors (Lipinski definition) is 1. The van der Waals surface area contributed by atoms with E-state index in [-0.39, 0.29) is 17.1 Å². The standard InChI is InChI=1S/C23H16N4O2S2/c1-14-20(31-22(25-14)16-10-6-3-7-11-16)18(28)13-30-23-26-19(15-8-4-2-5-9-15)17(12-24)21(29)27-23/h2-11H,13H2,1H3,(H,26,27,29). The lowest BCUT2D eigenvalue weighted by molar-refractivity contribution is 0.102. The SMILES string of the molecule is Cc1nc(-c2ccccc2)sc1C(=O)CSc1nc(-c2ccccc2)c(C#N)c(=O)[nH]1. The Balaban J connectivity index is 1.57. The number of nitrogens with one attached hydrogen (secondary N) is 1. The van der Waals surface area contributed by atoms with Crippen LogP contribution >= 0.6 is 23.1 Å². The number of rotatable bonds is 6. The lowest BCUT2D eigenvalue weighted by Gasteiger charge is -2.06. The minimum absolute atomic E-state index is 0.0484. The van der Waals surface area contributed by atoms with Crippen molar-refractivity contribution in [2.75, 3.05) is 5.75 Å². The Morgan fingerprint density at radius 3 is 2.35 bits per heavy atom. The zero-order valence-electron chi connectivity index (χ0n) is 16.5. The molecule has 2 aromatic heterocycles. The van der Waals surface area contributed by atoms with E-state index < -0.39 is 5.56 Å². The molecule has 0 saturated heterocycles. The van der Waals surface area contributed by atoms with Gasteiger partial charge < -0.3 is 4.98 Å². The van der Waals surface area contributed by atoms with Crippen molar-refractivity contribution in [1.82, 2.24) is 15.0 Å². The van der Waals surface area contributed by atoms with Crippen LogP contribution in [0.1, 0.15) is 20.9 Å². The van der Waals surface area contributed by atoms with Gasteiger partial charge in [0.2, 0.25) is 0 Å². The number of aromatic nitrogens is 3. The van der Waals surface area contributed by atoms with Crippen LogP contribution in [0, 0.1) is 18.3 Å². The third-order valence-corrected chi connectivity index (χ3v) is 6.59. The van der Waals surface area contributed by atoms with Crippen LogP contribution in [0.5, 0.6) is 0 Å². The number of ketones is 1. The van der Waals surface area contributed by atoms with Crippen LogP contribution in [0.4, 0.5) is 0 Å². The molecule has 0 aliphatic rings. The minimum atomic E-state index is -0.522. The van der Waals surface area contributed by atoms with Gasteiger partial charge in [-0.05, 0) is 6.92 Å². The van der Waals surface area contributed by atoms with Gasteiger partial charge in [-0.25, -0.2) is 9.97 Å². The molecule has 0 radical (unpaired) electrons. The highest BCUT2D eigenvalue weighted by Gasteiger charge is 2.18. The van der Waals surface area contributed by atoms with Crippen LogP contribution < -0.4 is 5.56 Å². The van der Waals surface area contributed by atoms with Gasteiger partial charge in [-0.15, -0.1) is 11.3 Å². The average molecular weight is 445 g/mol. The van der Waals surface area contributed by atoms with Crippen molar-refractivity contribution < 1.29 is 4.79 Å². The molecule has 152 valence electrons. The summed E-state index contributed by atoms with van der Waals surface area (Å²) in [6, 6.07) is 20.7. The number of H-pyrrole nitrogens is 1. The average Bonchev–Trinajstić information content (AvgIpc) is 3.20. The van der Waals surface area contributed by atoms with E-state index in [1.807, 2.05) is 61.5 Å². The van der Waals surface area contributed by atoms with Gasteiger partial charge in [-0.2, -0.15) is 5.26 Å². The summed E-state index contributed by atoms with van der Waals surface area (Å²) >= 11 is 2.49. The molecule has 31 heavy (non-hydrogen) atoms. The van der Waals surface area contributed by atoms with Crippen LogP contribution in [0.3, 0.4) is 0 Å². The second-order valence-corrected chi connectivity index (χ2v) is 8.55. The fourth-order valence-electron chi connectivity index (χ4n) is 2.99. The van der Waals surface area contributed by atoms with Crippen LogP contribution in [0.25, 0.3) is 21.8 Å². The molecular formula is C23H16N4O2S2. The molecule has 2 aromatic carbocycles. The summed E-state index contributed by atoms with van der Waals surface area (Å²) in [5.41, 5.74) is 2.05. The first-order valence-electron chi connectivity index (χ1n) is 9.35. The predicted octanol–water partition coefficient (Wildman–Crippen LogP) is 4.72. The second kappa shape index (κ2) is 9.08. The number of Topliss-reactive ketones (excluding diaryl/α,β-unsaturated/α-hetero) is 1. The smallest absolute Gasteiger partial charge is 0.270 e. The Morgan fingerprint density at radius 1 is 1.06 bits per heavy atom. The molecule has 0 spiro atoms. The normalized spacial score (nSPS) is 10.6. The van der Waals surface area contributed by atoms with Gasteiger partial charge in [-0.1, -0.05) is 72.4 Å². The van der Waals surface area contributed by atoms with Gasteiger partial charge >= 0.3 is 0 Å². The first kappa shape index (κ1) is 20.7. The zero-order valence-corrected chi connectivity index (χ0v) is 18.1. The highest BCUT2D eigenvalue weighted by molar-refractivity contribution is 7.99.